The quantitative estimate of drug-likeness (QED) is 0.419. The number of aliphatic hydroxyl groups excluding tert-OH is 1. The smallest absolute Gasteiger partial charge is 0.337 e. The maximum Gasteiger partial charge on any atom is 0.337 e. The van der Waals surface area contributed by atoms with E-state index in [1.807, 2.05) is 6.07 Å². The van der Waals surface area contributed by atoms with E-state index in [9.17, 15) is 9.59 Å². The van der Waals surface area contributed by atoms with Crippen molar-refractivity contribution in [1.82, 2.24) is 10.6 Å². The molecule has 0 fully saturated rings. The normalized spacial score (nSPS) is 10.6. The third-order valence-corrected chi connectivity index (χ3v) is 3.79. The van der Waals surface area contributed by atoms with Crippen molar-refractivity contribution < 1.29 is 28.6 Å². The van der Waals surface area contributed by atoms with Gasteiger partial charge in [0.05, 0.1) is 38.5 Å². The third kappa shape index (κ3) is 5.92. The number of carbonyl (C=O) groups excluding carboxylic acids is 2. The van der Waals surface area contributed by atoms with E-state index in [2.05, 4.69) is 10.6 Å². The molecule has 8 heteroatoms. The van der Waals surface area contributed by atoms with Gasteiger partial charge in [-0.1, -0.05) is 0 Å². The zero-order chi connectivity index (χ0) is 19.6. The SMILES string of the molecule is COC(=O)c1cc(C(=O)OC)cc(-c2ccc(CNCCNCCO)o2)c1. The van der Waals surface area contributed by atoms with Gasteiger partial charge in [0.25, 0.3) is 0 Å². The van der Waals surface area contributed by atoms with Crippen LogP contribution < -0.4 is 10.6 Å². The minimum atomic E-state index is -0.550. The van der Waals surface area contributed by atoms with E-state index in [4.69, 9.17) is 19.0 Å². The van der Waals surface area contributed by atoms with Gasteiger partial charge >= 0.3 is 11.9 Å². The van der Waals surface area contributed by atoms with Crippen molar-refractivity contribution in [3.05, 3.63) is 47.2 Å². The van der Waals surface area contributed by atoms with Crippen LogP contribution in [0.25, 0.3) is 11.3 Å². The molecular formula is C19H24N2O6. The van der Waals surface area contributed by atoms with Crippen LogP contribution in [0.15, 0.2) is 34.7 Å². The molecule has 146 valence electrons. The first-order chi connectivity index (χ1) is 13.1. The van der Waals surface area contributed by atoms with Gasteiger partial charge < -0.3 is 29.6 Å². The van der Waals surface area contributed by atoms with Gasteiger partial charge in [0.15, 0.2) is 0 Å². The van der Waals surface area contributed by atoms with Gasteiger partial charge in [0.1, 0.15) is 11.5 Å². The predicted molar refractivity (Wildman–Crippen MR) is 98.5 cm³/mol. The maximum atomic E-state index is 11.9. The van der Waals surface area contributed by atoms with Crippen molar-refractivity contribution in [2.45, 2.75) is 6.54 Å². The van der Waals surface area contributed by atoms with Gasteiger partial charge in [-0.25, -0.2) is 9.59 Å². The molecule has 0 unspecified atom stereocenters. The van der Waals surface area contributed by atoms with Crippen molar-refractivity contribution in [2.75, 3.05) is 40.5 Å². The highest BCUT2D eigenvalue weighted by Crippen LogP contribution is 2.25. The summed E-state index contributed by atoms with van der Waals surface area (Å²) in [4.78, 5) is 23.8. The van der Waals surface area contributed by atoms with Crippen molar-refractivity contribution in [3.8, 4) is 11.3 Å². The monoisotopic (exact) mass is 376 g/mol. The Morgan fingerprint density at radius 2 is 1.59 bits per heavy atom. The van der Waals surface area contributed by atoms with Gasteiger partial charge in [-0.15, -0.1) is 0 Å². The number of rotatable bonds is 10. The van der Waals surface area contributed by atoms with Crippen LogP contribution in [0.3, 0.4) is 0 Å². The molecule has 0 aliphatic rings. The second kappa shape index (κ2) is 10.5. The molecular weight excluding hydrogens is 352 g/mol. The van der Waals surface area contributed by atoms with Gasteiger partial charge in [0, 0.05) is 25.2 Å². The van der Waals surface area contributed by atoms with E-state index in [1.54, 1.807) is 18.2 Å². The standard InChI is InChI=1S/C19H24N2O6/c1-25-18(23)14-9-13(10-15(11-14)19(24)26-2)17-4-3-16(27-17)12-21-6-5-20-7-8-22/h3-4,9-11,20-22H,5-8,12H2,1-2H3. The lowest BCUT2D eigenvalue weighted by atomic mass is 10.0. The summed E-state index contributed by atoms with van der Waals surface area (Å²) in [5.41, 5.74) is 1.05. The molecule has 8 nitrogen and oxygen atoms in total. The highest BCUT2D eigenvalue weighted by atomic mass is 16.5. The van der Waals surface area contributed by atoms with Crippen LogP contribution >= 0.6 is 0 Å². The summed E-state index contributed by atoms with van der Waals surface area (Å²) in [6, 6.07) is 8.23. The van der Waals surface area contributed by atoms with Crippen LogP contribution in [0.2, 0.25) is 0 Å². The second-order valence-corrected chi connectivity index (χ2v) is 5.70. The maximum absolute atomic E-state index is 11.9. The van der Waals surface area contributed by atoms with E-state index >= 15 is 0 Å². The van der Waals surface area contributed by atoms with Crippen LogP contribution in [0.1, 0.15) is 26.5 Å². The average molecular weight is 376 g/mol. The molecule has 0 aliphatic heterocycles. The number of ether oxygens (including phenoxy) is 2. The van der Waals surface area contributed by atoms with Crippen LogP contribution in [0.4, 0.5) is 0 Å². The van der Waals surface area contributed by atoms with Gasteiger partial charge in [-0.3, -0.25) is 0 Å². The molecule has 1 heterocycles. The minimum Gasteiger partial charge on any atom is -0.465 e. The molecule has 0 aliphatic carbocycles. The van der Waals surface area contributed by atoms with Crippen molar-refractivity contribution >= 4 is 11.9 Å². The Morgan fingerprint density at radius 1 is 0.963 bits per heavy atom. The number of hydrogen-bond donors (Lipinski definition) is 3. The molecule has 0 amide bonds. The van der Waals surface area contributed by atoms with E-state index in [0.29, 0.717) is 24.4 Å². The van der Waals surface area contributed by atoms with E-state index < -0.39 is 11.9 Å². The zero-order valence-electron chi connectivity index (χ0n) is 15.4. The summed E-state index contributed by atoms with van der Waals surface area (Å²) in [7, 11) is 2.55. The zero-order valence-corrected chi connectivity index (χ0v) is 15.4. The number of esters is 2. The highest BCUT2D eigenvalue weighted by molar-refractivity contribution is 5.97. The largest absolute Gasteiger partial charge is 0.465 e. The van der Waals surface area contributed by atoms with Gasteiger partial charge in [-0.05, 0) is 30.3 Å². The van der Waals surface area contributed by atoms with Gasteiger partial charge in [0.2, 0.25) is 0 Å². The second-order valence-electron chi connectivity index (χ2n) is 5.70. The molecule has 0 saturated carbocycles. The highest BCUT2D eigenvalue weighted by Gasteiger charge is 2.16. The van der Waals surface area contributed by atoms with E-state index in [1.165, 1.54) is 20.3 Å². The third-order valence-electron chi connectivity index (χ3n) is 3.79. The first kappa shape index (κ1) is 20.6. The minimum absolute atomic E-state index is 0.111. The molecule has 2 rings (SSSR count). The summed E-state index contributed by atoms with van der Waals surface area (Å²) in [5.74, 6) is 0.146. The lowest BCUT2D eigenvalue weighted by molar-refractivity contribution is 0.0599. The topological polar surface area (TPSA) is 110 Å². The van der Waals surface area contributed by atoms with Gasteiger partial charge in [-0.2, -0.15) is 0 Å². The lowest BCUT2D eigenvalue weighted by Crippen LogP contribution is -2.28. The molecule has 3 N–H and O–H groups in total. The van der Waals surface area contributed by atoms with Crippen molar-refractivity contribution in [3.63, 3.8) is 0 Å². The Labute approximate surface area is 157 Å². The number of methoxy groups -OCH3 is 2. The van der Waals surface area contributed by atoms with Crippen LogP contribution in [-0.4, -0.2) is 57.5 Å². The summed E-state index contributed by atoms with van der Waals surface area (Å²) in [6.45, 7) is 2.66. The van der Waals surface area contributed by atoms with Crippen LogP contribution in [-0.2, 0) is 16.0 Å². The van der Waals surface area contributed by atoms with Crippen molar-refractivity contribution in [1.29, 1.82) is 0 Å². The molecule has 0 saturated heterocycles. The number of furan rings is 1. The molecule has 0 spiro atoms. The molecule has 1 aromatic carbocycles. The first-order valence-corrected chi connectivity index (χ1v) is 8.52. The summed E-state index contributed by atoms with van der Waals surface area (Å²) >= 11 is 0. The van der Waals surface area contributed by atoms with E-state index in [-0.39, 0.29) is 17.7 Å². The van der Waals surface area contributed by atoms with Crippen molar-refractivity contribution in [2.24, 2.45) is 0 Å². The Hall–Kier alpha value is -2.68. The van der Waals surface area contributed by atoms with E-state index in [0.717, 1.165) is 18.8 Å². The molecule has 0 radical (unpaired) electrons. The number of hydrogen-bond acceptors (Lipinski definition) is 8. The fourth-order valence-electron chi connectivity index (χ4n) is 2.46. The Morgan fingerprint density at radius 3 is 2.19 bits per heavy atom. The van der Waals surface area contributed by atoms with Crippen LogP contribution in [0, 0.1) is 0 Å². The number of nitrogens with one attached hydrogen (secondary N) is 2. The molecule has 0 atom stereocenters. The molecule has 1 aromatic heterocycles. The number of benzene rings is 1. The lowest BCUT2D eigenvalue weighted by Gasteiger charge is -2.07. The number of aliphatic hydroxyl groups is 1. The molecule has 27 heavy (non-hydrogen) atoms. The summed E-state index contributed by atoms with van der Waals surface area (Å²) in [5, 5.41) is 15.0. The Balaban J connectivity index is 2.11. The first-order valence-electron chi connectivity index (χ1n) is 8.52. The Bertz CT molecular complexity index is 737. The Kier molecular flexibility index (Phi) is 8.00. The predicted octanol–water partition coefficient (Wildman–Crippen LogP) is 1.19. The van der Waals surface area contributed by atoms with Crippen LogP contribution in [0.5, 0.6) is 0 Å². The summed E-state index contributed by atoms with van der Waals surface area (Å²) in [6.07, 6.45) is 0. The fraction of sp³-hybridized carbons (Fsp3) is 0.368. The fourth-order valence-corrected chi connectivity index (χ4v) is 2.46. The molecule has 0 bridgehead atoms. The average Bonchev–Trinajstić information content (AvgIpc) is 3.18. The number of carbonyl (C=O) groups is 2. The summed E-state index contributed by atoms with van der Waals surface area (Å²) < 4.78 is 15.3. The molecule has 2 aromatic rings.